The Morgan fingerprint density at radius 2 is 2.20 bits per heavy atom. The number of aliphatic imine (C=N–C) groups is 1. The number of amidine groups is 1. The van der Waals surface area contributed by atoms with Gasteiger partial charge in [0, 0.05) is 0 Å². The monoisotopic (exact) mass is 144 g/mol. The zero-order valence-corrected chi connectivity index (χ0v) is 5.94. The highest BCUT2D eigenvalue weighted by Crippen LogP contribution is 1.95. The maximum atomic E-state index is 12.1. The molecule has 0 rings (SSSR count). The lowest BCUT2D eigenvalue weighted by atomic mass is 10.4. The Bertz CT molecular complexity index is 186. The third kappa shape index (κ3) is 2.96. The molecule has 0 fully saturated rings. The summed E-state index contributed by atoms with van der Waals surface area (Å²) in [6, 6.07) is -0.323. The first-order valence-corrected chi connectivity index (χ1v) is 2.60. The summed E-state index contributed by atoms with van der Waals surface area (Å²) in [5, 5.41) is 6.84. The SMILES string of the molecule is C=C(F)C(C)=NC(=N)OC. The molecule has 0 radical (unpaired) electrons. The van der Waals surface area contributed by atoms with Gasteiger partial charge in [-0.15, -0.1) is 0 Å². The molecule has 4 heteroatoms. The Labute approximate surface area is 58.7 Å². The van der Waals surface area contributed by atoms with Crippen molar-refractivity contribution >= 4 is 11.7 Å². The Kier molecular flexibility index (Phi) is 3.32. The van der Waals surface area contributed by atoms with E-state index in [-0.39, 0.29) is 11.7 Å². The molecule has 0 heterocycles. The Morgan fingerprint density at radius 3 is 2.50 bits per heavy atom. The molecule has 56 valence electrons. The highest BCUT2D eigenvalue weighted by Gasteiger charge is 1.96. The highest BCUT2D eigenvalue weighted by molar-refractivity contribution is 6.01. The maximum absolute atomic E-state index is 12.1. The number of nitrogens with one attached hydrogen (secondary N) is 1. The van der Waals surface area contributed by atoms with E-state index >= 15 is 0 Å². The molecule has 3 nitrogen and oxygen atoms in total. The van der Waals surface area contributed by atoms with Gasteiger partial charge in [0.25, 0.3) is 0 Å². The van der Waals surface area contributed by atoms with Gasteiger partial charge in [0.15, 0.2) is 0 Å². The number of allylic oxidation sites excluding steroid dienone is 1. The van der Waals surface area contributed by atoms with Crippen LogP contribution in [0.5, 0.6) is 0 Å². The molecule has 0 spiro atoms. The number of ether oxygens (including phenoxy) is 1. The number of nitrogens with zero attached hydrogens (tertiary/aromatic N) is 1. The lowest BCUT2D eigenvalue weighted by Crippen LogP contribution is -2.00. The van der Waals surface area contributed by atoms with Crippen molar-refractivity contribution in [2.24, 2.45) is 4.99 Å². The van der Waals surface area contributed by atoms with Gasteiger partial charge in [0.2, 0.25) is 0 Å². The number of methoxy groups -OCH3 is 1. The van der Waals surface area contributed by atoms with Crippen molar-refractivity contribution in [2.75, 3.05) is 7.11 Å². The molecule has 0 atom stereocenters. The van der Waals surface area contributed by atoms with Crippen molar-refractivity contribution in [3.63, 3.8) is 0 Å². The lowest BCUT2D eigenvalue weighted by molar-refractivity contribution is 0.393. The molecule has 0 aromatic carbocycles. The molecule has 0 aromatic heterocycles. The van der Waals surface area contributed by atoms with Crippen molar-refractivity contribution in [1.29, 1.82) is 5.41 Å². The fourth-order valence-corrected chi connectivity index (χ4v) is 0.259. The first-order valence-electron chi connectivity index (χ1n) is 2.60. The summed E-state index contributed by atoms with van der Waals surface area (Å²) < 4.78 is 16.5. The van der Waals surface area contributed by atoms with E-state index in [4.69, 9.17) is 5.41 Å². The number of halogens is 1. The first kappa shape index (κ1) is 8.81. The molecular formula is C6H9FN2O. The normalized spacial score (nSPS) is 10.9. The zero-order valence-electron chi connectivity index (χ0n) is 5.94. The van der Waals surface area contributed by atoms with E-state index in [1.807, 2.05) is 0 Å². The second kappa shape index (κ2) is 3.76. The molecule has 0 aliphatic heterocycles. The molecular weight excluding hydrogens is 135 g/mol. The average Bonchev–Trinajstić information content (AvgIpc) is 1.87. The smallest absolute Gasteiger partial charge is 0.308 e. The summed E-state index contributed by atoms with van der Waals surface area (Å²) in [4.78, 5) is 3.40. The van der Waals surface area contributed by atoms with Crippen LogP contribution in [0, 0.1) is 5.41 Å². The van der Waals surface area contributed by atoms with Crippen LogP contribution in [-0.4, -0.2) is 18.8 Å². The molecule has 0 aliphatic rings. The molecule has 0 saturated heterocycles. The predicted molar refractivity (Wildman–Crippen MR) is 38.1 cm³/mol. The van der Waals surface area contributed by atoms with E-state index < -0.39 is 5.83 Å². The van der Waals surface area contributed by atoms with Gasteiger partial charge in [-0.2, -0.15) is 4.99 Å². The molecule has 0 aromatic rings. The minimum absolute atomic E-state index is 0.0619. The first-order chi connectivity index (χ1) is 4.57. The molecule has 0 saturated carbocycles. The Hall–Kier alpha value is -1.19. The molecule has 0 unspecified atom stereocenters. The van der Waals surface area contributed by atoms with Crippen LogP contribution < -0.4 is 0 Å². The van der Waals surface area contributed by atoms with Crippen LogP contribution in [0.25, 0.3) is 0 Å². The highest BCUT2D eigenvalue weighted by atomic mass is 19.1. The van der Waals surface area contributed by atoms with Gasteiger partial charge in [-0.3, -0.25) is 0 Å². The summed E-state index contributed by atoms with van der Waals surface area (Å²) in [5.74, 6) is -0.651. The quantitative estimate of drug-likeness (QED) is 0.440. The molecule has 0 aliphatic carbocycles. The summed E-state index contributed by atoms with van der Waals surface area (Å²) in [6.45, 7) is 4.41. The minimum Gasteiger partial charge on any atom is -0.467 e. The number of hydrogen-bond donors (Lipinski definition) is 1. The van der Waals surface area contributed by atoms with Gasteiger partial charge in [-0.1, -0.05) is 6.58 Å². The minimum atomic E-state index is -0.651. The predicted octanol–water partition coefficient (Wildman–Crippen LogP) is 1.51. The van der Waals surface area contributed by atoms with Crippen molar-refractivity contribution in [1.82, 2.24) is 0 Å². The molecule has 10 heavy (non-hydrogen) atoms. The number of rotatable bonds is 1. The zero-order chi connectivity index (χ0) is 8.15. The topological polar surface area (TPSA) is 45.4 Å². The third-order valence-electron chi connectivity index (χ3n) is 0.855. The van der Waals surface area contributed by atoms with E-state index in [0.717, 1.165) is 0 Å². The second-order valence-corrected chi connectivity index (χ2v) is 1.61. The van der Waals surface area contributed by atoms with Crippen molar-refractivity contribution < 1.29 is 9.13 Å². The van der Waals surface area contributed by atoms with Crippen molar-refractivity contribution in [3.05, 3.63) is 12.4 Å². The standard InChI is InChI=1S/C6H9FN2O/c1-4(7)5(2)9-6(8)10-3/h8H,1H2,2-3H3. The van der Waals surface area contributed by atoms with E-state index in [1.54, 1.807) is 0 Å². The summed E-state index contributed by atoms with van der Waals surface area (Å²) in [6.07, 6.45) is 0. The Morgan fingerprint density at radius 1 is 1.70 bits per heavy atom. The maximum Gasteiger partial charge on any atom is 0.308 e. The van der Waals surface area contributed by atoms with Crippen LogP contribution in [0.1, 0.15) is 6.92 Å². The van der Waals surface area contributed by atoms with Gasteiger partial charge < -0.3 is 4.74 Å². The fourth-order valence-electron chi connectivity index (χ4n) is 0.259. The number of hydrogen-bond acceptors (Lipinski definition) is 2. The van der Waals surface area contributed by atoms with E-state index in [1.165, 1.54) is 14.0 Å². The summed E-state index contributed by atoms with van der Waals surface area (Å²) in [7, 11) is 1.29. The van der Waals surface area contributed by atoms with Gasteiger partial charge >= 0.3 is 6.02 Å². The fraction of sp³-hybridized carbons (Fsp3) is 0.333. The lowest BCUT2D eigenvalue weighted by Gasteiger charge is -1.95. The second-order valence-electron chi connectivity index (χ2n) is 1.61. The van der Waals surface area contributed by atoms with Gasteiger partial charge in [0.1, 0.15) is 5.83 Å². The summed E-state index contributed by atoms with van der Waals surface area (Å²) >= 11 is 0. The van der Waals surface area contributed by atoms with Crippen LogP contribution in [-0.2, 0) is 4.74 Å². The van der Waals surface area contributed by atoms with Crippen molar-refractivity contribution in [3.8, 4) is 0 Å². The largest absolute Gasteiger partial charge is 0.467 e. The average molecular weight is 144 g/mol. The van der Waals surface area contributed by atoms with Crippen LogP contribution >= 0.6 is 0 Å². The van der Waals surface area contributed by atoms with Gasteiger partial charge in [0.05, 0.1) is 12.8 Å². The van der Waals surface area contributed by atoms with Crippen LogP contribution in [0.3, 0.4) is 0 Å². The molecule has 1 N–H and O–H groups in total. The van der Waals surface area contributed by atoms with Crippen LogP contribution in [0.15, 0.2) is 17.4 Å². The van der Waals surface area contributed by atoms with Gasteiger partial charge in [-0.25, -0.2) is 9.80 Å². The van der Waals surface area contributed by atoms with Gasteiger partial charge in [-0.05, 0) is 6.92 Å². The van der Waals surface area contributed by atoms with Crippen molar-refractivity contribution in [2.45, 2.75) is 6.92 Å². The third-order valence-corrected chi connectivity index (χ3v) is 0.855. The van der Waals surface area contributed by atoms with Crippen LogP contribution in [0.4, 0.5) is 4.39 Å². The van der Waals surface area contributed by atoms with E-state index in [0.29, 0.717) is 0 Å². The summed E-state index contributed by atoms with van der Waals surface area (Å²) in [5.41, 5.74) is 0.0619. The van der Waals surface area contributed by atoms with Crippen LogP contribution in [0.2, 0.25) is 0 Å². The van der Waals surface area contributed by atoms with E-state index in [2.05, 4.69) is 16.3 Å². The molecule has 0 bridgehead atoms. The Balaban J connectivity index is 4.16. The van der Waals surface area contributed by atoms with E-state index in [9.17, 15) is 4.39 Å². The molecule has 0 amide bonds.